The van der Waals surface area contributed by atoms with E-state index >= 15 is 0 Å². The summed E-state index contributed by atoms with van der Waals surface area (Å²) < 4.78 is 0.871. The van der Waals surface area contributed by atoms with Crippen LogP contribution >= 0.6 is 27.5 Å². The molecule has 0 radical (unpaired) electrons. The average Bonchev–Trinajstić information content (AvgIpc) is 2.17. The quantitative estimate of drug-likeness (QED) is 0.877. The van der Waals surface area contributed by atoms with Gasteiger partial charge in [0.1, 0.15) is 5.82 Å². The van der Waals surface area contributed by atoms with Gasteiger partial charge in [-0.2, -0.15) is 0 Å². The first-order chi connectivity index (χ1) is 7.13. The average molecular weight is 293 g/mol. The van der Waals surface area contributed by atoms with Crippen LogP contribution in [-0.4, -0.2) is 17.6 Å². The highest BCUT2D eigenvalue weighted by atomic mass is 79.9. The van der Waals surface area contributed by atoms with Crippen LogP contribution in [0.1, 0.15) is 19.8 Å². The van der Waals surface area contributed by atoms with Crippen molar-refractivity contribution in [3.8, 4) is 0 Å². The number of hydrogen-bond donors (Lipinski definition) is 2. The maximum Gasteiger partial charge on any atom is 0.144 e. The van der Waals surface area contributed by atoms with Crippen molar-refractivity contribution in [3.05, 3.63) is 21.8 Å². The summed E-state index contributed by atoms with van der Waals surface area (Å²) in [6.45, 7) is 2.81. The van der Waals surface area contributed by atoms with E-state index in [1.807, 2.05) is 6.07 Å². The van der Waals surface area contributed by atoms with Crippen molar-refractivity contribution < 1.29 is 0 Å². The molecule has 5 heteroatoms. The molecule has 0 amide bonds. The van der Waals surface area contributed by atoms with Gasteiger partial charge in [-0.25, -0.2) is 4.98 Å². The smallest absolute Gasteiger partial charge is 0.144 e. The van der Waals surface area contributed by atoms with Crippen molar-refractivity contribution in [2.24, 2.45) is 5.73 Å². The molecule has 0 saturated heterocycles. The van der Waals surface area contributed by atoms with E-state index in [2.05, 4.69) is 33.2 Å². The Morgan fingerprint density at radius 1 is 1.67 bits per heavy atom. The van der Waals surface area contributed by atoms with Crippen LogP contribution in [0.4, 0.5) is 5.82 Å². The van der Waals surface area contributed by atoms with Crippen LogP contribution in [0.5, 0.6) is 0 Å². The van der Waals surface area contributed by atoms with Gasteiger partial charge in [0.05, 0.1) is 5.02 Å². The second-order valence-electron chi connectivity index (χ2n) is 3.41. The number of halogens is 2. The number of rotatable bonds is 5. The Labute approximate surface area is 104 Å². The Morgan fingerprint density at radius 3 is 3.00 bits per heavy atom. The molecule has 1 rings (SSSR count). The Bertz CT molecular complexity index is 320. The molecule has 0 fully saturated rings. The first-order valence-electron chi connectivity index (χ1n) is 4.94. The van der Waals surface area contributed by atoms with Gasteiger partial charge >= 0.3 is 0 Å². The Balaban J connectivity index is 2.50. The largest absolute Gasteiger partial charge is 0.367 e. The lowest BCUT2D eigenvalue weighted by Crippen LogP contribution is -2.29. The van der Waals surface area contributed by atoms with Gasteiger partial charge in [0.2, 0.25) is 0 Å². The number of nitrogens with two attached hydrogens (primary N) is 1. The van der Waals surface area contributed by atoms with E-state index in [1.54, 1.807) is 6.20 Å². The molecule has 1 aromatic heterocycles. The number of pyridine rings is 1. The third-order valence-corrected chi connectivity index (χ3v) is 2.72. The molecule has 1 heterocycles. The second kappa shape index (κ2) is 6.30. The molecule has 0 aliphatic heterocycles. The molecule has 0 spiro atoms. The highest BCUT2D eigenvalue weighted by Gasteiger charge is 2.05. The van der Waals surface area contributed by atoms with Gasteiger partial charge in [0.25, 0.3) is 0 Å². The zero-order chi connectivity index (χ0) is 11.3. The van der Waals surface area contributed by atoms with Crippen LogP contribution in [0.3, 0.4) is 0 Å². The van der Waals surface area contributed by atoms with Crippen molar-refractivity contribution >= 4 is 33.3 Å². The minimum absolute atomic E-state index is 0.150. The summed E-state index contributed by atoms with van der Waals surface area (Å²) in [6, 6.07) is 1.96. The fourth-order valence-corrected chi connectivity index (χ4v) is 1.94. The molecule has 3 N–H and O–H groups in total. The van der Waals surface area contributed by atoms with Gasteiger partial charge in [-0.05, 0) is 28.4 Å². The van der Waals surface area contributed by atoms with E-state index in [0.29, 0.717) is 17.4 Å². The predicted molar refractivity (Wildman–Crippen MR) is 68.3 cm³/mol. The van der Waals surface area contributed by atoms with Gasteiger partial charge in [0.15, 0.2) is 0 Å². The Kier molecular flexibility index (Phi) is 5.36. The maximum absolute atomic E-state index is 5.99. The van der Waals surface area contributed by atoms with Crippen LogP contribution in [-0.2, 0) is 0 Å². The highest BCUT2D eigenvalue weighted by molar-refractivity contribution is 9.10. The summed E-state index contributed by atoms with van der Waals surface area (Å²) in [4.78, 5) is 4.16. The van der Waals surface area contributed by atoms with E-state index in [9.17, 15) is 0 Å². The topological polar surface area (TPSA) is 50.9 Å². The first kappa shape index (κ1) is 12.7. The summed E-state index contributed by atoms with van der Waals surface area (Å²) in [5.74, 6) is 0.686. The van der Waals surface area contributed by atoms with Crippen molar-refractivity contribution in [1.82, 2.24) is 4.98 Å². The molecule has 0 aromatic carbocycles. The lowest BCUT2D eigenvalue weighted by Gasteiger charge is -2.12. The fraction of sp³-hybridized carbons (Fsp3) is 0.500. The molecule has 15 heavy (non-hydrogen) atoms. The van der Waals surface area contributed by atoms with E-state index in [1.165, 1.54) is 0 Å². The van der Waals surface area contributed by atoms with Crippen LogP contribution in [0.15, 0.2) is 16.7 Å². The fourth-order valence-electron chi connectivity index (χ4n) is 1.25. The van der Waals surface area contributed by atoms with Crippen molar-refractivity contribution in [3.63, 3.8) is 0 Å². The first-order valence-corrected chi connectivity index (χ1v) is 6.11. The van der Waals surface area contributed by atoms with Crippen molar-refractivity contribution in [2.45, 2.75) is 25.8 Å². The van der Waals surface area contributed by atoms with E-state index in [-0.39, 0.29) is 6.04 Å². The van der Waals surface area contributed by atoms with Gasteiger partial charge in [0, 0.05) is 23.3 Å². The zero-order valence-electron chi connectivity index (χ0n) is 8.63. The number of hydrogen-bond acceptors (Lipinski definition) is 3. The maximum atomic E-state index is 5.99. The van der Waals surface area contributed by atoms with Gasteiger partial charge in [-0.15, -0.1) is 0 Å². The highest BCUT2D eigenvalue weighted by Crippen LogP contribution is 2.22. The molecular formula is C10H15BrClN3. The van der Waals surface area contributed by atoms with Crippen LogP contribution in [0, 0.1) is 0 Å². The minimum atomic E-state index is 0.150. The summed E-state index contributed by atoms with van der Waals surface area (Å²) in [7, 11) is 0. The van der Waals surface area contributed by atoms with Crippen molar-refractivity contribution in [2.75, 3.05) is 11.9 Å². The number of anilines is 1. The van der Waals surface area contributed by atoms with Gasteiger partial charge < -0.3 is 11.1 Å². The number of nitrogens with one attached hydrogen (secondary N) is 1. The third kappa shape index (κ3) is 4.36. The Morgan fingerprint density at radius 2 is 2.40 bits per heavy atom. The minimum Gasteiger partial charge on any atom is -0.367 e. The summed E-state index contributed by atoms with van der Waals surface area (Å²) in [5.41, 5.74) is 5.87. The summed E-state index contributed by atoms with van der Waals surface area (Å²) in [5, 5.41) is 3.74. The lowest BCUT2D eigenvalue weighted by atomic mass is 10.2. The molecule has 0 bridgehead atoms. The standard InChI is InChI=1S/C10H15BrClN3/c1-2-3-8(13)6-15-10-9(12)4-7(11)5-14-10/h4-5,8H,2-3,6,13H2,1H3,(H,14,15). The molecule has 84 valence electrons. The van der Waals surface area contributed by atoms with E-state index < -0.39 is 0 Å². The molecule has 1 atom stereocenters. The molecule has 1 unspecified atom stereocenters. The number of aromatic nitrogens is 1. The molecule has 1 aromatic rings. The third-order valence-electron chi connectivity index (χ3n) is 2.00. The SMILES string of the molecule is CCCC(N)CNc1ncc(Br)cc1Cl. The Hall–Kier alpha value is -0.320. The van der Waals surface area contributed by atoms with E-state index in [0.717, 1.165) is 17.3 Å². The normalized spacial score (nSPS) is 12.5. The molecule has 0 saturated carbocycles. The van der Waals surface area contributed by atoms with E-state index in [4.69, 9.17) is 17.3 Å². The predicted octanol–water partition coefficient (Wildman–Crippen LogP) is 3.04. The molecule has 0 aliphatic carbocycles. The number of nitrogens with zero attached hydrogens (tertiary/aromatic N) is 1. The summed E-state index contributed by atoms with van der Waals surface area (Å²) in [6.07, 6.45) is 3.80. The second-order valence-corrected chi connectivity index (χ2v) is 4.74. The lowest BCUT2D eigenvalue weighted by molar-refractivity contribution is 0.626. The molecular weight excluding hydrogens is 277 g/mol. The molecule has 0 aliphatic rings. The van der Waals surface area contributed by atoms with Gasteiger partial charge in [-0.1, -0.05) is 24.9 Å². The van der Waals surface area contributed by atoms with Gasteiger partial charge in [-0.3, -0.25) is 0 Å². The zero-order valence-corrected chi connectivity index (χ0v) is 11.0. The summed E-state index contributed by atoms with van der Waals surface area (Å²) >= 11 is 9.30. The monoisotopic (exact) mass is 291 g/mol. The molecule has 3 nitrogen and oxygen atoms in total. The van der Waals surface area contributed by atoms with Crippen LogP contribution in [0.2, 0.25) is 5.02 Å². The van der Waals surface area contributed by atoms with Crippen LogP contribution < -0.4 is 11.1 Å². The van der Waals surface area contributed by atoms with Crippen LogP contribution in [0.25, 0.3) is 0 Å². The van der Waals surface area contributed by atoms with Crippen molar-refractivity contribution in [1.29, 1.82) is 0 Å².